The summed E-state index contributed by atoms with van der Waals surface area (Å²) in [5.41, 5.74) is 0. The first-order chi connectivity index (χ1) is 9.58. The van der Waals surface area contributed by atoms with Crippen LogP contribution in [0.3, 0.4) is 0 Å². The van der Waals surface area contributed by atoms with E-state index in [9.17, 15) is 9.59 Å². The van der Waals surface area contributed by atoms with E-state index < -0.39 is 5.97 Å². The molecule has 2 heterocycles. The summed E-state index contributed by atoms with van der Waals surface area (Å²) in [6, 6.07) is 2.90. The Morgan fingerprint density at radius 2 is 2.35 bits per heavy atom. The molecule has 0 spiro atoms. The number of carbonyl (C=O) groups is 2. The Bertz CT molecular complexity index is 458. The average molecular weight is 280 g/mol. The summed E-state index contributed by atoms with van der Waals surface area (Å²) >= 11 is 0. The zero-order valence-electron chi connectivity index (χ0n) is 11.5. The van der Waals surface area contributed by atoms with Crippen LogP contribution < -0.4 is 5.32 Å². The zero-order valence-corrected chi connectivity index (χ0v) is 11.5. The maximum atomic E-state index is 12.3. The smallest absolute Gasteiger partial charge is 0.318 e. The third-order valence-corrected chi connectivity index (χ3v) is 3.61. The van der Waals surface area contributed by atoms with Crippen LogP contribution in [0.5, 0.6) is 0 Å². The fourth-order valence-electron chi connectivity index (χ4n) is 2.56. The van der Waals surface area contributed by atoms with Crippen LogP contribution in [0.2, 0.25) is 0 Å². The molecule has 2 atom stereocenters. The van der Waals surface area contributed by atoms with Crippen molar-refractivity contribution in [2.45, 2.75) is 44.7 Å². The maximum absolute atomic E-state index is 12.3. The summed E-state index contributed by atoms with van der Waals surface area (Å²) in [7, 11) is 0. The summed E-state index contributed by atoms with van der Waals surface area (Å²) in [4.78, 5) is 24.8. The van der Waals surface area contributed by atoms with Crippen LogP contribution in [-0.4, -0.2) is 34.6 Å². The van der Waals surface area contributed by atoms with Crippen molar-refractivity contribution in [2.24, 2.45) is 0 Å². The summed E-state index contributed by atoms with van der Waals surface area (Å²) in [5.74, 6) is -0.182. The number of hydrogen-bond acceptors (Lipinski definition) is 3. The molecule has 2 amide bonds. The van der Waals surface area contributed by atoms with Crippen molar-refractivity contribution in [1.82, 2.24) is 10.2 Å². The molecular formula is C14H20N2O4. The van der Waals surface area contributed by atoms with Gasteiger partial charge in [-0.2, -0.15) is 0 Å². The molecule has 0 saturated carbocycles. The maximum Gasteiger partial charge on any atom is 0.318 e. The number of nitrogens with one attached hydrogen (secondary N) is 1. The monoisotopic (exact) mass is 280 g/mol. The van der Waals surface area contributed by atoms with Crippen LogP contribution in [0.25, 0.3) is 0 Å². The Labute approximate surface area is 117 Å². The summed E-state index contributed by atoms with van der Waals surface area (Å²) in [5, 5.41) is 11.8. The lowest BCUT2D eigenvalue weighted by atomic mass is 10.00. The van der Waals surface area contributed by atoms with Gasteiger partial charge in [-0.1, -0.05) is 0 Å². The lowest BCUT2D eigenvalue weighted by Crippen LogP contribution is -2.49. The Balaban J connectivity index is 1.97. The topological polar surface area (TPSA) is 82.8 Å². The van der Waals surface area contributed by atoms with Crippen molar-refractivity contribution in [3.63, 3.8) is 0 Å². The van der Waals surface area contributed by atoms with Gasteiger partial charge in [0.25, 0.3) is 0 Å². The number of carboxylic acid groups (broad SMARTS) is 1. The lowest BCUT2D eigenvalue weighted by molar-refractivity contribution is -0.138. The van der Waals surface area contributed by atoms with E-state index in [2.05, 4.69) is 5.32 Å². The second-order valence-corrected chi connectivity index (χ2v) is 5.13. The third kappa shape index (κ3) is 3.53. The molecule has 1 aliphatic heterocycles. The SMILES string of the molecule is CC(NC(=O)N1CCCCC1CC(=O)O)c1ccco1. The fraction of sp³-hybridized carbons (Fsp3) is 0.571. The molecule has 0 aliphatic carbocycles. The van der Waals surface area contributed by atoms with Crippen LogP contribution in [0.4, 0.5) is 4.79 Å². The number of likely N-dealkylation sites (tertiary alicyclic amines) is 1. The summed E-state index contributed by atoms with van der Waals surface area (Å²) < 4.78 is 5.25. The van der Waals surface area contributed by atoms with Gasteiger partial charge in [-0.3, -0.25) is 4.79 Å². The molecular weight excluding hydrogens is 260 g/mol. The van der Waals surface area contributed by atoms with Gasteiger partial charge in [0.2, 0.25) is 0 Å². The number of piperidine rings is 1. The molecule has 110 valence electrons. The highest BCUT2D eigenvalue weighted by Gasteiger charge is 2.29. The number of nitrogens with zero attached hydrogens (tertiary/aromatic N) is 1. The van der Waals surface area contributed by atoms with E-state index >= 15 is 0 Å². The molecule has 20 heavy (non-hydrogen) atoms. The quantitative estimate of drug-likeness (QED) is 0.887. The Morgan fingerprint density at radius 3 is 3.00 bits per heavy atom. The molecule has 0 bridgehead atoms. The minimum atomic E-state index is -0.867. The van der Waals surface area contributed by atoms with E-state index in [1.54, 1.807) is 23.3 Å². The van der Waals surface area contributed by atoms with Crippen LogP contribution in [0.1, 0.15) is 44.4 Å². The Hall–Kier alpha value is -1.98. The number of amides is 2. The number of urea groups is 1. The number of carboxylic acids is 1. The normalized spacial score (nSPS) is 20.4. The number of rotatable bonds is 4. The van der Waals surface area contributed by atoms with E-state index in [1.807, 2.05) is 6.92 Å². The molecule has 1 aromatic rings. The van der Waals surface area contributed by atoms with Gasteiger partial charge < -0.3 is 19.7 Å². The van der Waals surface area contributed by atoms with Crippen LogP contribution in [-0.2, 0) is 4.79 Å². The van der Waals surface area contributed by atoms with E-state index in [0.717, 1.165) is 19.3 Å². The minimum absolute atomic E-state index is 0.00253. The van der Waals surface area contributed by atoms with E-state index in [-0.39, 0.29) is 24.5 Å². The molecule has 1 fully saturated rings. The van der Waals surface area contributed by atoms with E-state index in [0.29, 0.717) is 12.3 Å². The molecule has 0 radical (unpaired) electrons. The van der Waals surface area contributed by atoms with Crippen LogP contribution >= 0.6 is 0 Å². The molecule has 6 heteroatoms. The van der Waals surface area contributed by atoms with Gasteiger partial charge in [-0.25, -0.2) is 4.79 Å². The molecule has 2 rings (SSSR count). The van der Waals surface area contributed by atoms with Crippen molar-refractivity contribution in [3.05, 3.63) is 24.2 Å². The predicted octanol–water partition coefficient (Wildman–Crippen LogP) is 2.38. The Morgan fingerprint density at radius 1 is 1.55 bits per heavy atom. The molecule has 1 aromatic heterocycles. The largest absolute Gasteiger partial charge is 0.481 e. The summed E-state index contributed by atoms with van der Waals surface area (Å²) in [6.07, 6.45) is 4.19. The molecule has 6 nitrogen and oxygen atoms in total. The van der Waals surface area contributed by atoms with E-state index in [4.69, 9.17) is 9.52 Å². The van der Waals surface area contributed by atoms with Gasteiger partial charge in [0, 0.05) is 12.6 Å². The second kappa shape index (κ2) is 6.45. The first-order valence-electron chi connectivity index (χ1n) is 6.90. The van der Waals surface area contributed by atoms with Gasteiger partial charge in [-0.15, -0.1) is 0 Å². The molecule has 1 aliphatic rings. The molecule has 1 saturated heterocycles. The predicted molar refractivity (Wildman–Crippen MR) is 72.3 cm³/mol. The molecule has 2 unspecified atom stereocenters. The second-order valence-electron chi connectivity index (χ2n) is 5.13. The highest BCUT2D eigenvalue weighted by atomic mass is 16.4. The number of hydrogen-bond donors (Lipinski definition) is 2. The molecule has 0 aromatic carbocycles. The average Bonchev–Trinajstić information content (AvgIpc) is 2.92. The van der Waals surface area contributed by atoms with Crippen molar-refractivity contribution >= 4 is 12.0 Å². The van der Waals surface area contributed by atoms with Crippen molar-refractivity contribution < 1.29 is 19.1 Å². The van der Waals surface area contributed by atoms with Crippen molar-refractivity contribution in [3.8, 4) is 0 Å². The van der Waals surface area contributed by atoms with Crippen LogP contribution in [0, 0.1) is 0 Å². The Kier molecular flexibility index (Phi) is 4.65. The van der Waals surface area contributed by atoms with Gasteiger partial charge in [0.15, 0.2) is 0 Å². The highest BCUT2D eigenvalue weighted by molar-refractivity contribution is 5.76. The van der Waals surface area contributed by atoms with Gasteiger partial charge in [0.1, 0.15) is 5.76 Å². The number of aliphatic carboxylic acids is 1. The zero-order chi connectivity index (χ0) is 14.5. The number of carbonyl (C=O) groups excluding carboxylic acids is 1. The van der Waals surface area contributed by atoms with Gasteiger partial charge >= 0.3 is 12.0 Å². The van der Waals surface area contributed by atoms with Crippen molar-refractivity contribution in [2.75, 3.05) is 6.54 Å². The highest BCUT2D eigenvalue weighted by Crippen LogP contribution is 2.21. The van der Waals surface area contributed by atoms with E-state index in [1.165, 1.54) is 0 Å². The third-order valence-electron chi connectivity index (χ3n) is 3.61. The van der Waals surface area contributed by atoms with Gasteiger partial charge in [0.05, 0.1) is 18.7 Å². The summed E-state index contributed by atoms with van der Waals surface area (Å²) in [6.45, 7) is 2.45. The fourth-order valence-corrected chi connectivity index (χ4v) is 2.56. The minimum Gasteiger partial charge on any atom is -0.481 e. The lowest BCUT2D eigenvalue weighted by Gasteiger charge is -2.35. The first kappa shape index (κ1) is 14.4. The molecule has 2 N–H and O–H groups in total. The first-order valence-corrected chi connectivity index (χ1v) is 6.90. The van der Waals surface area contributed by atoms with Crippen LogP contribution in [0.15, 0.2) is 22.8 Å². The van der Waals surface area contributed by atoms with Crippen molar-refractivity contribution in [1.29, 1.82) is 0 Å². The number of furan rings is 1. The van der Waals surface area contributed by atoms with Gasteiger partial charge in [-0.05, 0) is 38.3 Å². The standard InChI is InChI=1S/C14H20N2O4/c1-10(12-6-4-8-20-12)15-14(19)16-7-3-2-5-11(16)9-13(17)18/h4,6,8,10-11H,2-3,5,7,9H2,1H3,(H,15,19)(H,17,18).